The monoisotopic (exact) mass is 334 g/mol. The van der Waals surface area contributed by atoms with Gasteiger partial charge in [-0.2, -0.15) is 11.8 Å². The third-order valence-corrected chi connectivity index (χ3v) is 4.59. The number of carbonyl (C=O) groups excluding carboxylic acids is 2. The summed E-state index contributed by atoms with van der Waals surface area (Å²) in [4.78, 5) is 23.5. The molecule has 0 atom stereocenters. The minimum absolute atomic E-state index is 0.212. The predicted molar refractivity (Wildman–Crippen MR) is 92.3 cm³/mol. The van der Waals surface area contributed by atoms with Crippen LogP contribution in [0.2, 0.25) is 0 Å². The van der Waals surface area contributed by atoms with Crippen LogP contribution in [0.4, 0.5) is 4.79 Å². The summed E-state index contributed by atoms with van der Waals surface area (Å²) in [6, 6.07) is 6.10. The molecule has 1 heterocycles. The van der Waals surface area contributed by atoms with Crippen molar-refractivity contribution in [3.05, 3.63) is 46.2 Å². The lowest BCUT2D eigenvalue weighted by atomic mass is 10.1. The smallest absolute Gasteiger partial charge is 0.337 e. The van der Waals surface area contributed by atoms with E-state index in [4.69, 9.17) is 4.74 Å². The minimum Gasteiger partial charge on any atom is -0.463 e. The maximum absolute atomic E-state index is 12.0. The molecule has 0 radical (unpaired) electrons. The van der Waals surface area contributed by atoms with Crippen LogP contribution in [0.3, 0.4) is 0 Å². The van der Waals surface area contributed by atoms with Crippen molar-refractivity contribution in [3.8, 4) is 0 Å². The molecule has 2 rings (SSSR count). The summed E-state index contributed by atoms with van der Waals surface area (Å²) in [6.07, 6.45) is 0. The average Bonchev–Trinajstić information content (AvgIpc) is 2.51. The molecule has 1 aliphatic rings. The fourth-order valence-corrected chi connectivity index (χ4v) is 3.37. The summed E-state index contributed by atoms with van der Waals surface area (Å²) < 4.78 is 5.05. The van der Waals surface area contributed by atoms with Crippen molar-refractivity contribution in [2.24, 2.45) is 0 Å². The molecule has 0 aromatic heterocycles. The van der Waals surface area contributed by atoms with Gasteiger partial charge in [-0.15, -0.1) is 0 Å². The summed E-state index contributed by atoms with van der Waals surface area (Å²) in [5, 5.41) is 5.33. The number of thioether (sulfide) groups is 1. The number of benzene rings is 1. The second-order valence-electron chi connectivity index (χ2n) is 5.41. The Bertz CT molecular complexity index is 641. The number of rotatable bonds is 6. The van der Waals surface area contributed by atoms with Crippen LogP contribution in [-0.2, 0) is 15.3 Å². The van der Waals surface area contributed by atoms with E-state index in [2.05, 4.69) is 42.7 Å². The van der Waals surface area contributed by atoms with Crippen LogP contribution in [0, 0.1) is 13.8 Å². The highest BCUT2D eigenvalue weighted by molar-refractivity contribution is 7.98. The second kappa shape index (κ2) is 8.06. The molecule has 0 saturated carbocycles. The Balaban J connectivity index is 2.04. The van der Waals surface area contributed by atoms with Crippen LogP contribution in [0.5, 0.6) is 0 Å². The number of esters is 1. The van der Waals surface area contributed by atoms with Crippen molar-refractivity contribution in [1.82, 2.24) is 10.6 Å². The number of nitrogens with one attached hydrogen (secondary N) is 2. The van der Waals surface area contributed by atoms with Gasteiger partial charge >= 0.3 is 12.0 Å². The SMILES string of the molecule is CCOC(=O)C1=C(CSCc2cc(C)ccc2C)NC(=O)NC1. The Hall–Kier alpha value is -1.95. The Kier molecular flexibility index (Phi) is 6.10. The molecule has 0 saturated heterocycles. The van der Waals surface area contributed by atoms with E-state index in [-0.39, 0.29) is 18.5 Å². The lowest BCUT2D eigenvalue weighted by Crippen LogP contribution is -2.44. The predicted octanol–water partition coefficient (Wildman–Crippen LogP) is 2.67. The van der Waals surface area contributed by atoms with Gasteiger partial charge in [0, 0.05) is 17.2 Å². The van der Waals surface area contributed by atoms with E-state index in [1.165, 1.54) is 16.7 Å². The van der Waals surface area contributed by atoms with Crippen molar-refractivity contribution in [3.63, 3.8) is 0 Å². The third-order valence-electron chi connectivity index (χ3n) is 3.58. The molecule has 0 aliphatic carbocycles. The third kappa shape index (κ3) is 4.76. The zero-order valence-electron chi connectivity index (χ0n) is 13.7. The Morgan fingerprint density at radius 2 is 2.09 bits per heavy atom. The summed E-state index contributed by atoms with van der Waals surface area (Å²) in [6.45, 7) is 6.46. The van der Waals surface area contributed by atoms with Crippen molar-refractivity contribution in [1.29, 1.82) is 0 Å². The van der Waals surface area contributed by atoms with Gasteiger partial charge in [-0.1, -0.05) is 23.8 Å². The highest BCUT2D eigenvalue weighted by Crippen LogP contribution is 2.21. The largest absolute Gasteiger partial charge is 0.463 e. The quantitative estimate of drug-likeness (QED) is 0.785. The van der Waals surface area contributed by atoms with E-state index in [1.54, 1.807) is 18.7 Å². The standard InChI is InChI=1S/C17H22N2O3S/c1-4-22-16(20)14-8-18-17(21)19-15(14)10-23-9-13-7-11(2)5-6-12(13)3/h5-7H,4,8-10H2,1-3H3,(H2,18,19,21). The highest BCUT2D eigenvalue weighted by atomic mass is 32.2. The summed E-state index contributed by atoms with van der Waals surface area (Å²) in [7, 11) is 0. The first-order valence-corrected chi connectivity index (χ1v) is 8.74. The van der Waals surface area contributed by atoms with Gasteiger partial charge in [0.25, 0.3) is 0 Å². The zero-order chi connectivity index (χ0) is 16.8. The van der Waals surface area contributed by atoms with E-state index in [1.807, 2.05) is 0 Å². The van der Waals surface area contributed by atoms with Crippen LogP contribution in [-0.4, -0.2) is 30.9 Å². The molecule has 0 bridgehead atoms. The van der Waals surface area contributed by atoms with E-state index in [0.29, 0.717) is 23.6 Å². The van der Waals surface area contributed by atoms with Gasteiger partial charge in [-0.25, -0.2) is 9.59 Å². The zero-order valence-corrected chi connectivity index (χ0v) is 14.5. The molecule has 0 spiro atoms. The summed E-state index contributed by atoms with van der Waals surface area (Å²) >= 11 is 1.67. The van der Waals surface area contributed by atoms with Gasteiger partial charge in [0.1, 0.15) is 0 Å². The fourth-order valence-electron chi connectivity index (χ4n) is 2.29. The lowest BCUT2D eigenvalue weighted by molar-refractivity contribution is -0.138. The van der Waals surface area contributed by atoms with Crippen molar-refractivity contribution < 1.29 is 14.3 Å². The molecule has 2 amide bonds. The van der Waals surface area contributed by atoms with Gasteiger partial charge in [-0.3, -0.25) is 0 Å². The summed E-state index contributed by atoms with van der Waals surface area (Å²) in [5.41, 5.74) is 4.89. The second-order valence-corrected chi connectivity index (χ2v) is 6.39. The van der Waals surface area contributed by atoms with Gasteiger partial charge in [0.2, 0.25) is 0 Å². The fraction of sp³-hybridized carbons (Fsp3) is 0.412. The number of urea groups is 1. The Morgan fingerprint density at radius 1 is 1.30 bits per heavy atom. The maximum Gasteiger partial charge on any atom is 0.337 e. The molecule has 1 aromatic carbocycles. The number of hydrogen-bond acceptors (Lipinski definition) is 4. The number of aryl methyl sites for hydroxylation is 2. The molecule has 0 unspecified atom stereocenters. The van der Waals surface area contributed by atoms with E-state index >= 15 is 0 Å². The number of hydrogen-bond donors (Lipinski definition) is 2. The topological polar surface area (TPSA) is 67.4 Å². The normalized spacial score (nSPS) is 14.3. The number of carbonyl (C=O) groups is 2. The number of amides is 2. The van der Waals surface area contributed by atoms with E-state index in [0.717, 1.165) is 5.75 Å². The molecule has 2 N–H and O–H groups in total. The molecule has 1 aromatic rings. The molecule has 124 valence electrons. The first-order valence-electron chi connectivity index (χ1n) is 7.59. The maximum atomic E-state index is 12.0. The molecule has 6 heteroatoms. The van der Waals surface area contributed by atoms with Gasteiger partial charge in [0.05, 0.1) is 18.7 Å². The van der Waals surface area contributed by atoms with E-state index < -0.39 is 0 Å². The minimum atomic E-state index is -0.373. The highest BCUT2D eigenvalue weighted by Gasteiger charge is 2.23. The molecule has 5 nitrogen and oxygen atoms in total. The van der Waals surface area contributed by atoms with Crippen molar-refractivity contribution in [2.75, 3.05) is 18.9 Å². The summed E-state index contributed by atoms with van der Waals surface area (Å²) in [5.74, 6) is 1.02. The first kappa shape index (κ1) is 17.4. The Morgan fingerprint density at radius 3 is 2.83 bits per heavy atom. The van der Waals surface area contributed by atoms with Crippen molar-refractivity contribution >= 4 is 23.8 Å². The Labute approximate surface area is 140 Å². The molecule has 1 aliphatic heterocycles. The van der Waals surface area contributed by atoms with Crippen LogP contribution in [0.25, 0.3) is 0 Å². The molecule has 23 heavy (non-hydrogen) atoms. The number of ether oxygens (including phenoxy) is 1. The van der Waals surface area contributed by atoms with Crippen LogP contribution in [0.1, 0.15) is 23.6 Å². The first-order chi connectivity index (χ1) is 11.0. The average molecular weight is 334 g/mol. The van der Waals surface area contributed by atoms with Crippen LogP contribution >= 0.6 is 11.8 Å². The molecule has 0 fully saturated rings. The van der Waals surface area contributed by atoms with Crippen LogP contribution in [0.15, 0.2) is 29.5 Å². The van der Waals surface area contributed by atoms with Crippen LogP contribution < -0.4 is 10.6 Å². The lowest BCUT2D eigenvalue weighted by Gasteiger charge is -2.21. The molecular formula is C17H22N2O3S. The molecular weight excluding hydrogens is 312 g/mol. The van der Waals surface area contributed by atoms with E-state index in [9.17, 15) is 9.59 Å². The van der Waals surface area contributed by atoms with Gasteiger partial charge < -0.3 is 15.4 Å². The van der Waals surface area contributed by atoms with Gasteiger partial charge in [-0.05, 0) is 31.9 Å². The van der Waals surface area contributed by atoms with Crippen molar-refractivity contribution in [2.45, 2.75) is 26.5 Å². The van der Waals surface area contributed by atoms with Gasteiger partial charge in [0.15, 0.2) is 0 Å².